The quantitative estimate of drug-likeness (QED) is 0.823. The van der Waals surface area contributed by atoms with Crippen molar-refractivity contribution < 1.29 is 0 Å². The lowest BCUT2D eigenvalue weighted by Gasteiger charge is -2.14. The first-order valence-electron chi connectivity index (χ1n) is 7.01. The van der Waals surface area contributed by atoms with E-state index in [0.29, 0.717) is 0 Å². The third kappa shape index (κ3) is 3.11. The molecule has 1 fully saturated rings. The lowest BCUT2D eigenvalue weighted by atomic mass is 10.2. The van der Waals surface area contributed by atoms with E-state index in [4.69, 9.17) is 11.6 Å². The number of rotatable bonds is 5. The molecule has 1 aliphatic rings. The molecule has 2 N–H and O–H groups in total. The second-order valence-corrected chi connectivity index (χ2v) is 5.67. The smallest absolute Gasteiger partial charge is 0.0472 e. The molecule has 2 heterocycles. The zero-order chi connectivity index (χ0) is 13.1. The molecule has 0 atom stereocenters. The SMILES string of the molecule is Clc1ccc2c(CNCCN3CCCC3)c[nH]c2c1. The highest BCUT2D eigenvalue weighted by Crippen LogP contribution is 2.21. The van der Waals surface area contributed by atoms with Gasteiger partial charge in [0.2, 0.25) is 0 Å². The van der Waals surface area contributed by atoms with E-state index in [2.05, 4.69) is 27.5 Å². The van der Waals surface area contributed by atoms with E-state index >= 15 is 0 Å². The van der Waals surface area contributed by atoms with Gasteiger partial charge < -0.3 is 15.2 Å². The van der Waals surface area contributed by atoms with Crippen LogP contribution in [-0.4, -0.2) is 36.1 Å². The summed E-state index contributed by atoms with van der Waals surface area (Å²) in [5.74, 6) is 0. The van der Waals surface area contributed by atoms with Crippen LogP contribution in [0.15, 0.2) is 24.4 Å². The van der Waals surface area contributed by atoms with E-state index in [1.165, 1.54) is 36.9 Å². The van der Waals surface area contributed by atoms with E-state index < -0.39 is 0 Å². The Bertz CT molecular complexity index is 543. The van der Waals surface area contributed by atoms with Gasteiger partial charge in [0.05, 0.1) is 0 Å². The fourth-order valence-electron chi connectivity index (χ4n) is 2.77. The molecule has 0 spiro atoms. The van der Waals surface area contributed by atoms with E-state index in [-0.39, 0.29) is 0 Å². The summed E-state index contributed by atoms with van der Waals surface area (Å²) in [7, 11) is 0. The monoisotopic (exact) mass is 277 g/mol. The van der Waals surface area contributed by atoms with Crippen molar-refractivity contribution in [2.75, 3.05) is 26.2 Å². The summed E-state index contributed by atoms with van der Waals surface area (Å²) in [4.78, 5) is 5.81. The van der Waals surface area contributed by atoms with E-state index in [0.717, 1.165) is 30.2 Å². The molecule has 0 aliphatic carbocycles. The Morgan fingerprint density at radius 3 is 2.95 bits per heavy atom. The van der Waals surface area contributed by atoms with Crippen LogP contribution >= 0.6 is 11.6 Å². The minimum atomic E-state index is 0.780. The summed E-state index contributed by atoms with van der Waals surface area (Å²) in [6, 6.07) is 6.02. The second-order valence-electron chi connectivity index (χ2n) is 5.23. The zero-order valence-electron chi connectivity index (χ0n) is 11.1. The fraction of sp³-hybridized carbons (Fsp3) is 0.467. The van der Waals surface area contributed by atoms with Gasteiger partial charge in [-0.15, -0.1) is 0 Å². The molecule has 2 aromatic rings. The van der Waals surface area contributed by atoms with Gasteiger partial charge in [-0.2, -0.15) is 0 Å². The van der Waals surface area contributed by atoms with E-state index in [1.807, 2.05) is 12.1 Å². The van der Waals surface area contributed by atoms with Crippen LogP contribution in [0.4, 0.5) is 0 Å². The molecule has 1 aromatic heterocycles. The van der Waals surface area contributed by atoms with Gasteiger partial charge in [-0.25, -0.2) is 0 Å². The number of hydrogen-bond donors (Lipinski definition) is 2. The number of likely N-dealkylation sites (tertiary alicyclic amines) is 1. The van der Waals surface area contributed by atoms with Crippen LogP contribution in [-0.2, 0) is 6.54 Å². The Kier molecular flexibility index (Phi) is 4.06. The normalized spacial score (nSPS) is 16.5. The molecule has 19 heavy (non-hydrogen) atoms. The zero-order valence-corrected chi connectivity index (χ0v) is 11.8. The van der Waals surface area contributed by atoms with Crippen LogP contribution in [0.25, 0.3) is 10.9 Å². The maximum absolute atomic E-state index is 5.99. The number of aromatic amines is 1. The highest BCUT2D eigenvalue weighted by molar-refractivity contribution is 6.31. The third-order valence-corrected chi connectivity index (χ3v) is 4.08. The molecule has 1 saturated heterocycles. The van der Waals surface area contributed by atoms with Crippen molar-refractivity contribution in [3.05, 3.63) is 35.0 Å². The maximum Gasteiger partial charge on any atom is 0.0472 e. The first-order valence-corrected chi connectivity index (χ1v) is 7.39. The maximum atomic E-state index is 5.99. The number of aromatic nitrogens is 1. The van der Waals surface area contributed by atoms with Crippen molar-refractivity contribution in [1.29, 1.82) is 0 Å². The van der Waals surface area contributed by atoms with Crippen molar-refractivity contribution in [3.8, 4) is 0 Å². The number of benzene rings is 1. The predicted molar refractivity (Wildman–Crippen MR) is 80.7 cm³/mol. The van der Waals surface area contributed by atoms with Gasteiger partial charge in [-0.3, -0.25) is 0 Å². The lowest BCUT2D eigenvalue weighted by Crippen LogP contribution is -2.29. The minimum Gasteiger partial charge on any atom is -0.361 e. The molecule has 102 valence electrons. The molecule has 0 bridgehead atoms. The summed E-state index contributed by atoms with van der Waals surface area (Å²) in [5, 5.41) is 5.57. The number of H-pyrrole nitrogens is 1. The van der Waals surface area contributed by atoms with Gasteiger partial charge in [0.1, 0.15) is 0 Å². The van der Waals surface area contributed by atoms with Gasteiger partial charge in [0, 0.05) is 41.8 Å². The number of fused-ring (bicyclic) bond motifs is 1. The second kappa shape index (κ2) is 5.95. The van der Waals surface area contributed by atoms with Crippen molar-refractivity contribution in [2.45, 2.75) is 19.4 Å². The molecule has 0 radical (unpaired) electrons. The van der Waals surface area contributed by atoms with E-state index in [9.17, 15) is 0 Å². The van der Waals surface area contributed by atoms with Gasteiger partial charge in [-0.1, -0.05) is 17.7 Å². The Morgan fingerprint density at radius 2 is 2.11 bits per heavy atom. The van der Waals surface area contributed by atoms with Gasteiger partial charge in [0.25, 0.3) is 0 Å². The topological polar surface area (TPSA) is 31.1 Å². The summed E-state index contributed by atoms with van der Waals surface area (Å²) >= 11 is 5.99. The Hall–Kier alpha value is -1.03. The Balaban J connectivity index is 1.53. The van der Waals surface area contributed by atoms with Crippen LogP contribution in [0.5, 0.6) is 0 Å². The molecule has 0 amide bonds. The first kappa shape index (κ1) is 13.0. The Labute approximate surface area is 118 Å². The third-order valence-electron chi connectivity index (χ3n) is 3.85. The average Bonchev–Trinajstić information content (AvgIpc) is 3.03. The molecule has 4 heteroatoms. The fourth-order valence-corrected chi connectivity index (χ4v) is 2.94. The van der Waals surface area contributed by atoms with Crippen molar-refractivity contribution in [3.63, 3.8) is 0 Å². The molecular formula is C15H20ClN3. The summed E-state index contributed by atoms with van der Waals surface area (Å²) in [5.41, 5.74) is 2.43. The molecule has 3 nitrogen and oxygen atoms in total. The average molecular weight is 278 g/mol. The van der Waals surface area contributed by atoms with Crippen LogP contribution < -0.4 is 5.32 Å². The molecule has 3 rings (SSSR count). The molecule has 1 aliphatic heterocycles. The van der Waals surface area contributed by atoms with Crippen molar-refractivity contribution >= 4 is 22.5 Å². The molecule has 0 unspecified atom stereocenters. The first-order chi connectivity index (χ1) is 9.33. The van der Waals surface area contributed by atoms with Crippen molar-refractivity contribution in [2.24, 2.45) is 0 Å². The van der Waals surface area contributed by atoms with E-state index in [1.54, 1.807) is 0 Å². The number of nitrogens with one attached hydrogen (secondary N) is 2. The number of hydrogen-bond acceptors (Lipinski definition) is 2. The van der Waals surface area contributed by atoms with Gasteiger partial charge >= 0.3 is 0 Å². The minimum absolute atomic E-state index is 0.780. The molecule has 1 aromatic carbocycles. The molecule has 0 saturated carbocycles. The van der Waals surface area contributed by atoms with Gasteiger partial charge in [-0.05, 0) is 43.6 Å². The highest BCUT2D eigenvalue weighted by atomic mass is 35.5. The Morgan fingerprint density at radius 1 is 1.26 bits per heavy atom. The highest BCUT2D eigenvalue weighted by Gasteiger charge is 2.10. The van der Waals surface area contributed by atoms with Crippen LogP contribution in [0, 0.1) is 0 Å². The van der Waals surface area contributed by atoms with Gasteiger partial charge in [0.15, 0.2) is 0 Å². The lowest BCUT2D eigenvalue weighted by molar-refractivity contribution is 0.336. The number of nitrogens with zero attached hydrogens (tertiary/aromatic N) is 1. The van der Waals surface area contributed by atoms with Crippen LogP contribution in [0.3, 0.4) is 0 Å². The largest absolute Gasteiger partial charge is 0.361 e. The summed E-state index contributed by atoms with van der Waals surface area (Å²) in [6.07, 6.45) is 4.80. The standard InChI is InChI=1S/C15H20ClN3/c16-13-3-4-14-12(11-18-15(14)9-13)10-17-5-8-19-6-1-2-7-19/h3-4,9,11,17-18H,1-2,5-8,10H2. The number of halogens is 1. The van der Waals surface area contributed by atoms with Crippen LogP contribution in [0.2, 0.25) is 5.02 Å². The summed E-state index contributed by atoms with van der Waals surface area (Å²) < 4.78 is 0. The summed E-state index contributed by atoms with van der Waals surface area (Å²) in [6.45, 7) is 5.67. The van der Waals surface area contributed by atoms with Crippen molar-refractivity contribution in [1.82, 2.24) is 15.2 Å². The predicted octanol–water partition coefficient (Wildman–Crippen LogP) is 3.01. The van der Waals surface area contributed by atoms with Crippen LogP contribution in [0.1, 0.15) is 18.4 Å². The molecular weight excluding hydrogens is 258 g/mol.